The largest absolute Gasteiger partial charge is 0.481 e. The second-order valence-corrected chi connectivity index (χ2v) is 9.48. The SMILES string of the molecule is CCCCCC(CCCCCCCCC(C)C)OC(=O)C1CCCCC1C(=O)O. The predicted molar refractivity (Wildman–Crippen MR) is 119 cm³/mol. The first-order valence-electron chi connectivity index (χ1n) is 12.4. The molecule has 0 aromatic rings. The Bertz CT molecular complexity index is 446. The minimum atomic E-state index is -0.841. The number of ether oxygens (including phenoxy) is 1. The van der Waals surface area contributed by atoms with Crippen LogP contribution in [0.4, 0.5) is 0 Å². The number of unbranched alkanes of at least 4 members (excludes halogenated alkanes) is 7. The van der Waals surface area contributed by atoms with Crippen LogP contribution in [0, 0.1) is 17.8 Å². The summed E-state index contributed by atoms with van der Waals surface area (Å²) in [5, 5.41) is 9.45. The molecular weight excluding hydrogens is 364 g/mol. The van der Waals surface area contributed by atoms with Gasteiger partial charge in [0.15, 0.2) is 0 Å². The maximum Gasteiger partial charge on any atom is 0.310 e. The molecule has 1 aliphatic carbocycles. The van der Waals surface area contributed by atoms with Gasteiger partial charge in [-0.25, -0.2) is 0 Å². The summed E-state index contributed by atoms with van der Waals surface area (Å²) in [4.78, 5) is 24.2. The van der Waals surface area contributed by atoms with E-state index in [1.807, 2.05) is 0 Å². The van der Waals surface area contributed by atoms with E-state index < -0.39 is 17.8 Å². The van der Waals surface area contributed by atoms with Crippen molar-refractivity contribution >= 4 is 11.9 Å². The Morgan fingerprint density at radius 2 is 1.34 bits per heavy atom. The molecule has 29 heavy (non-hydrogen) atoms. The van der Waals surface area contributed by atoms with E-state index in [2.05, 4.69) is 20.8 Å². The van der Waals surface area contributed by atoms with Gasteiger partial charge < -0.3 is 9.84 Å². The zero-order chi connectivity index (χ0) is 21.5. The van der Waals surface area contributed by atoms with Crippen molar-refractivity contribution in [3.63, 3.8) is 0 Å². The zero-order valence-corrected chi connectivity index (χ0v) is 19.3. The average Bonchev–Trinajstić information content (AvgIpc) is 2.69. The Labute approximate surface area is 179 Å². The Balaban J connectivity index is 2.38. The van der Waals surface area contributed by atoms with Crippen LogP contribution < -0.4 is 0 Å². The third-order valence-corrected chi connectivity index (χ3v) is 6.36. The number of carboxylic acids is 1. The van der Waals surface area contributed by atoms with Crippen LogP contribution in [0.25, 0.3) is 0 Å². The van der Waals surface area contributed by atoms with E-state index in [1.54, 1.807) is 0 Å². The lowest BCUT2D eigenvalue weighted by Crippen LogP contribution is -2.35. The molecule has 0 amide bonds. The number of carboxylic acid groups (broad SMARTS) is 1. The molecule has 4 heteroatoms. The second-order valence-electron chi connectivity index (χ2n) is 9.48. The molecule has 3 unspecified atom stereocenters. The maximum atomic E-state index is 12.7. The van der Waals surface area contributed by atoms with Crippen LogP contribution in [0.2, 0.25) is 0 Å². The molecule has 170 valence electrons. The van der Waals surface area contributed by atoms with E-state index in [0.29, 0.717) is 12.8 Å². The van der Waals surface area contributed by atoms with Crippen molar-refractivity contribution in [2.75, 3.05) is 0 Å². The van der Waals surface area contributed by atoms with Gasteiger partial charge in [0.1, 0.15) is 6.10 Å². The summed E-state index contributed by atoms with van der Waals surface area (Å²) in [5.41, 5.74) is 0. The smallest absolute Gasteiger partial charge is 0.310 e. The molecule has 0 spiro atoms. The number of hydrogen-bond acceptors (Lipinski definition) is 3. The molecule has 1 fully saturated rings. The van der Waals surface area contributed by atoms with Gasteiger partial charge in [-0.05, 0) is 44.4 Å². The van der Waals surface area contributed by atoms with Crippen LogP contribution in [0.1, 0.15) is 124 Å². The van der Waals surface area contributed by atoms with Gasteiger partial charge in [0, 0.05) is 0 Å². The molecule has 1 N–H and O–H groups in total. The lowest BCUT2D eigenvalue weighted by molar-refractivity contribution is -0.164. The minimum Gasteiger partial charge on any atom is -0.481 e. The highest BCUT2D eigenvalue weighted by Crippen LogP contribution is 2.32. The van der Waals surface area contributed by atoms with Crippen molar-refractivity contribution in [2.24, 2.45) is 17.8 Å². The third kappa shape index (κ3) is 11.6. The standard InChI is InChI=1S/C25H46O4/c1-4-5-10-16-21(17-12-9-7-6-8-11-15-20(2)3)29-25(28)23-19-14-13-18-22(23)24(26)27/h20-23H,4-19H2,1-3H3,(H,26,27). The van der Waals surface area contributed by atoms with Crippen molar-refractivity contribution in [2.45, 2.75) is 130 Å². The van der Waals surface area contributed by atoms with E-state index in [9.17, 15) is 14.7 Å². The molecule has 1 rings (SSSR count). The van der Waals surface area contributed by atoms with Crippen LogP contribution >= 0.6 is 0 Å². The lowest BCUT2D eigenvalue weighted by atomic mass is 9.79. The van der Waals surface area contributed by atoms with Crippen molar-refractivity contribution in [1.82, 2.24) is 0 Å². The maximum absolute atomic E-state index is 12.7. The van der Waals surface area contributed by atoms with E-state index in [0.717, 1.165) is 57.3 Å². The molecule has 0 saturated heterocycles. The van der Waals surface area contributed by atoms with Gasteiger partial charge >= 0.3 is 11.9 Å². The molecule has 1 aliphatic rings. The van der Waals surface area contributed by atoms with Gasteiger partial charge in [-0.2, -0.15) is 0 Å². The third-order valence-electron chi connectivity index (χ3n) is 6.36. The first-order chi connectivity index (χ1) is 14.0. The van der Waals surface area contributed by atoms with Gasteiger partial charge in [-0.15, -0.1) is 0 Å². The van der Waals surface area contributed by atoms with Crippen LogP contribution in [-0.4, -0.2) is 23.1 Å². The first kappa shape index (κ1) is 26.0. The van der Waals surface area contributed by atoms with Crippen LogP contribution in [0.3, 0.4) is 0 Å². The molecule has 0 aromatic heterocycles. The van der Waals surface area contributed by atoms with E-state index in [4.69, 9.17) is 4.74 Å². The fourth-order valence-electron chi connectivity index (χ4n) is 4.48. The van der Waals surface area contributed by atoms with E-state index in [-0.39, 0.29) is 12.1 Å². The highest BCUT2D eigenvalue weighted by atomic mass is 16.5. The van der Waals surface area contributed by atoms with E-state index >= 15 is 0 Å². The molecule has 1 saturated carbocycles. The summed E-state index contributed by atoms with van der Waals surface area (Å²) in [5.74, 6) is -1.30. The van der Waals surface area contributed by atoms with Crippen LogP contribution in [0.5, 0.6) is 0 Å². The lowest BCUT2D eigenvalue weighted by Gasteiger charge is -2.28. The molecule has 4 nitrogen and oxygen atoms in total. The minimum absolute atomic E-state index is 0.0358. The number of hydrogen-bond donors (Lipinski definition) is 1. The van der Waals surface area contributed by atoms with Crippen LogP contribution in [-0.2, 0) is 14.3 Å². The fraction of sp³-hybridized carbons (Fsp3) is 0.920. The molecule has 0 radical (unpaired) electrons. The van der Waals surface area contributed by atoms with Gasteiger partial charge in [0.05, 0.1) is 11.8 Å². The normalized spacial score (nSPS) is 20.6. The number of carbonyl (C=O) groups is 2. The van der Waals surface area contributed by atoms with Gasteiger partial charge in [0.25, 0.3) is 0 Å². The molecule has 0 aromatic carbocycles. The van der Waals surface area contributed by atoms with Crippen molar-refractivity contribution < 1.29 is 19.4 Å². The predicted octanol–water partition coefficient (Wildman–Crippen LogP) is 7.15. The summed E-state index contributed by atoms with van der Waals surface area (Å²) in [6.45, 7) is 6.75. The molecule has 0 bridgehead atoms. The molecule has 3 atom stereocenters. The molecular formula is C25H46O4. The Morgan fingerprint density at radius 1 is 0.828 bits per heavy atom. The topological polar surface area (TPSA) is 63.6 Å². The highest BCUT2D eigenvalue weighted by molar-refractivity contribution is 5.81. The number of carbonyl (C=O) groups excluding carboxylic acids is 1. The average molecular weight is 411 g/mol. The van der Waals surface area contributed by atoms with Crippen molar-refractivity contribution in [3.05, 3.63) is 0 Å². The Hall–Kier alpha value is -1.06. The van der Waals surface area contributed by atoms with E-state index in [1.165, 1.54) is 38.5 Å². The zero-order valence-electron chi connectivity index (χ0n) is 19.3. The summed E-state index contributed by atoms with van der Waals surface area (Å²) in [7, 11) is 0. The first-order valence-corrected chi connectivity index (χ1v) is 12.4. The monoisotopic (exact) mass is 410 g/mol. The second kappa shape index (κ2) is 15.7. The summed E-state index contributed by atoms with van der Waals surface area (Å²) < 4.78 is 5.89. The number of aliphatic carboxylic acids is 1. The van der Waals surface area contributed by atoms with Crippen molar-refractivity contribution in [3.8, 4) is 0 Å². The number of esters is 1. The Kier molecular flexibility index (Phi) is 14.1. The summed E-state index contributed by atoms with van der Waals surface area (Å²) in [6, 6.07) is 0. The van der Waals surface area contributed by atoms with Gasteiger partial charge in [-0.1, -0.05) is 85.0 Å². The Morgan fingerprint density at radius 3 is 1.90 bits per heavy atom. The van der Waals surface area contributed by atoms with Gasteiger partial charge in [-0.3, -0.25) is 9.59 Å². The molecule has 0 aliphatic heterocycles. The van der Waals surface area contributed by atoms with Crippen LogP contribution in [0.15, 0.2) is 0 Å². The summed E-state index contributed by atoms with van der Waals surface area (Å²) in [6.07, 6.45) is 17.1. The highest BCUT2D eigenvalue weighted by Gasteiger charge is 2.37. The fourth-order valence-corrected chi connectivity index (χ4v) is 4.48. The summed E-state index contributed by atoms with van der Waals surface area (Å²) >= 11 is 0. The van der Waals surface area contributed by atoms with Gasteiger partial charge in [0.2, 0.25) is 0 Å². The number of rotatable bonds is 16. The quantitative estimate of drug-likeness (QED) is 0.217. The van der Waals surface area contributed by atoms with Crippen molar-refractivity contribution in [1.29, 1.82) is 0 Å². The molecule has 0 heterocycles.